The number of nitrogens with one attached hydrogen (secondary N) is 2. The van der Waals surface area contributed by atoms with Gasteiger partial charge in [0.1, 0.15) is 0 Å². The highest BCUT2D eigenvalue weighted by Crippen LogP contribution is 2.27. The van der Waals surface area contributed by atoms with Crippen LogP contribution in [0.4, 0.5) is 0 Å². The van der Waals surface area contributed by atoms with Gasteiger partial charge in [-0.3, -0.25) is 0 Å². The molecule has 0 atom stereocenters. The number of rotatable bonds is 2. The third kappa shape index (κ3) is 2.33. The van der Waals surface area contributed by atoms with Gasteiger partial charge in [-0.15, -0.1) is 0 Å². The van der Waals surface area contributed by atoms with E-state index in [9.17, 15) is 0 Å². The summed E-state index contributed by atoms with van der Waals surface area (Å²) in [5, 5.41) is 5.51. The number of hydrogen-bond acceptors (Lipinski definition) is 1. The van der Waals surface area contributed by atoms with Gasteiger partial charge in [-0.2, -0.15) is 0 Å². The van der Waals surface area contributed by atoms with Crippen LogP contribution in [-0.2, 0) is 6.42 Å². The lowest BCUT2D eigenvalue weighted by Gasteiger charge is -2.23. The fourth-order valence-corrected chi connectivity index (χ4v) is 2.92. The summed E-state index contributed by atoms with van der Waals surface area (Å²) in [6, 6.07) is 6.35. The molecule has 3 heteroatoms. The first-order chi connectivity index (χ1) is 8.33. The number of aromatic nitrogens is 1. The number of hydrogen-bond donors (Lipinski definition) is 2. The molecule has 17 heavy (non-hydrogen) atoms. The lowest BCUT2D eigenvalue weighted by molar-refractivity contribution is 0.373. The predicted molar refractivity (Wildman–Crippen MR) is 72.6 cm³/mol. The summed E-state index contributed by atoms with van der Waals surface area (Å²) in [4.78, 5) is 3.25. The Morgan fingerprint density at radius 3 is 2.88 bits per heavy atom. The first-order valence-electron chi connectivity index (χ1n) is 6.29. The van der Waals surface area contributed by atoms with Crippen molar-refractivity contribution in [2.75, 3.05) is 13.1 Å². The normalized spacial score (nSPS) is 17.7. The fourth-order valence-electron chi connectivity index (χ4n) is 2.67. The van der Waals surface area contributed by atoms with Crippen LogP contribution in [0.15, 0.2) is 24.4 Å². The smallest absolute Gasteiger partial charge is 0.0457 e. The summed E-state index contributed by atoms with van der Waals surface area (Å²) in [5.74, 6) is 0.779. The minimum Gasteiger partial charge on any atom is -0.361 e. The highest BCUT2D eigenvalue weighted by molar-refractivity contribution is 6.32. The second kappa shape index (κ2) is 4.71. The van der Waals surface area contributed by atoms with Gasteiger partial charge in [0.15, 0.2) is 0 Å². The maximum atomic E-state index is 6.35. The van der Waals surface area contributed by atoms with Crippen molar-refractivity contribution in [3.63, 3.8) is 0 Å². The predicted octanol–water partition coefficient (Wildman–Crippen LogP) is 3.36. The van der Waals surface area contributed by atoms with Crippen LogP contribution in [0.3, 0.4) is 0 Å². The molecule has 1 aliphatic rings. The van der Waals surface area contributed by atoms with E-state index in [4.69, 9.17) is 11.6 Å². The van der Waals surface area contributed by atoms with Crippen molar-refractivity contribution < 1.29 is 0 Å². The average Bonchev–Trinajstić information content (AvgIpc) is 2.78. The van der Waals surface area contributed by atoms with Crippen molar-refractivity contribution in [2.24, 2.45) is 5.92 Å². The largest absolute Gasteiger partial charge is 0.361 e. The van der Waals surface area contributed by atoms with Gasteiger partial charge >= 0.3 is 0 Å². The SMILES string of the molecule is Clc1cc2cc[nH]c2cc1CC1CCNCC1. The molecule has 0 amide bonds. The molecule has 90 valence electrons. The van der Waals surface area contributed by atoms with Gasteiger partial charge in [0, 0.05) is 22.1 Å². The van der Waals surface area contributed by atoms with Gasteiger partial charge < -0.3 is 10.3 Å². The van der Waals surface area contributed by atoms with Crippen molar-refractivity contribution in [3.8, 4) is 0 Å². The number of halogens is 1. The van der Waals surface area contributed by atoms with Crippen LogP contribution >= 0.6 is 11.6 Å². The van der Waals surface area contributed by atoms with E-state index in [0.717, 1.165) is 30.5 Å². The summed E-state index contributed by atoms with van der Waals surface area (Å²) in [7, 11) is 0. The molecule has 1 saturated heterocycles. The van der Waals surface area contributed by atoms with Crippen molar-refractivity contribution in [3.05, 3.63) is 35.0 Å². The van der Waals surface area contributed by atoms with Gasteiger partial charge in [0.25, 0.3) is 0 Å². The van der Waals surface area contributed by atoms with Crippen molar-refractivity contribution in [2.45, 2.75) is 19.3 Å². The van der Waals surface area contributed by atoms with Crippen LogP contribution < -0.4 is 5.32 Å². The number of fused-ring (bicyclic) bond motifs is 1. The maximum absolute atomic E-state index is 6.35. The molecule has 1 fully saturated rings. The molecule has 0 radical (unpaired) electrons. The Morgan fingerprint density at radius 2 is 2.06 bits per heavy atom. The molecule has 3 rings (SSSR count). The van der Waals surface area contributed by atoms with Crippen molar-refractivity contribution >= 4 is 22.5 Å². The van der Waals surface area contributed by atoms with Gasteiger partial charge in [-0.05, 0) is 62.0 Å². The number of H-pyrrole nitrogens is 1. The molecule has 2 nitrogen and oxygen atoms in total. The molecule has 0 bridgehead atoms. The minimum absolute atomic E-state index is 0.779. The van der Waals surface area contributed by atoms with E-state index in [1.807, 2.05) is 6.20 Å². The van der Waals surface area contributed by atoms with Gasteiger partial charge in [-0.25, -0.2) is 0 Å². The quantitative estimate of drug-likeness (QED) is 0.838. The molecule has 1 aliphatic heterocycles. The molecule has 1 aromatic heterocycles. The summed E-state index contributed by atoms with van der Waals surface area (Å²) in [6.07, 6.45) is 5.60. The Balaban J connectivity index is 1.85. The zero-order valence-electron chi connectivity index (χ0n) is 9.80. The molecule has 0 unspecified atom stereocenters. The zero-order chi connectivity index (χ0) is 11.7. The molecule has 1 aromatic carbocycles. The second-order valence-corrected chi connectivity index (χ2v) is 5.31. The molecule has 2 aromatic rings. The van der Waals surface area contributed by atoms with E-state index in [1.165, 1.54) is 29.3 Å². The minimum atomic E-state index is 0.779. The standard InChI is InChI=1S/C14H17ClN2/c15-13-8-11-3-6-17-14(11)9-12(13)7-10-1-4-16-5-2-10/h3,6,8-10,16-17H,1-2,4-5,7H2. The van der Waals surface area contributed by atoms with Gasteiger partial charge in [0.2, 0.25) is 0 Å². The van der Waals surface area contributed by atoms with E-state index < -0.39 is 0 Å². The van der Waals surface area contributed by atoms with Crippen LogP contribution in [0.25, 0.3) is 10.9 Å². The Morgan fingerprint density at radius 1 is 1.24 bits per heavy atom. The van der Waals surface area contributed by atoms with Crippen LogP contribution in [0, 0.1) is 5.92 Å². The summed E-state index contributed by atoms with van der Waals surface area (Å²) >= 11 is 6.35. The van der Waals surface area contributed by atoms with Gasteiger partial charge in [-0.1, -0.05) is 11.6 Å². The van der Waals surface area contributed by atoms with E-state index in [0.29, 0.717) is 0 Å². The highest BCUT2D eigenvalue weighted by Gasteiger charge is 2.15. The van der Waals surface area contributed by atoms with Crippen molar-refractivity contribution in [1.29, 1.82) is 0 Å². The molecule has 0 aliphatic carbocycles. The molecule has 0 spiro atoms. The Labute approximate surface area is 106 Å². The number of piperidine rings is 1. The first-order valence-corrected chi connectivity index (χ1v) is 6.67. The van der Waals surface area contributed by atoms with E-state index in [1.54, 1.807) is 0 Å². The fraction of sp³-hybridized carbons (Fsp3) is 0.429. The average molecular weight is 249 g/mol. The number of benzene rings is 1. The summed E-state index contributed by atoms with van der Waals surface area (Å²) in [6.45, 7) is 2.29. The third-order valence-electron chi connectivity index (χ3n) is 3.69. The molecular formula is C14H17ClN2. The van der Waals surface area contributed by atoms with Crippen LogP contribution in [0.2, 0.25) is 5.02 Å². The Hall–Kier alpha value is -0.990. The lowest BCUT2D eigenvalue weighted by Crippen LogP contribution is -2.28. The maximum Gasteiger partial charge on any atom is 0.0457 e. The number of aromatic amines is 1. The third-order valence-corrected chi connectivity index (χ3v) is 4.04. The van der Waals surface area contributed by atoms with Crippen molar-refractivity contribution in [1.82, 2.24) is 10.3 Å². The molecule has 2 heterocycles. The monoisotopic (exact) mass is 248 g/mol. The topological polar surface area (TPSA) is 27.8 Å². The summed E-state index contributed by atoms with van der Waals surface area (Å²) in [5.41, 5.74) is 2.48. The Bertz CT molecular complexity index is 512. The molecule has 2 N–H and O–H groups in total. The lowest BCUT2D eigenvalue weighted by atomic mass is 9.91. The zero-order valence-corrected chi connectivity index (χ0v) is 10.6. The second-order valence-electron chi connectivity index (χ2n) is 4.91. The van der Waals surface area contributed by atoms with Gasteiger partial charge in [0.05, 0.1) is 0 Å². The van der Waals surface area contributed by atoms with E-state index >= 15 is 0 Å². The molecular weight excluding hydrogens is 232 g/mol. The van der Waals surface area contributed by atoms with Crippen LogP contribution in [0.1, 0.15) is 18.4 Å². The first kappa shape index (κ1) is 11.1. The highest BCUT2D eigenvalue weighted by atomic mass is 35.5. The molecule has 0 saturated carbocycles. The Kier molecular flexibility index (Phi) is 3.08. The van der Waals surface area contributed by atoms with E-state index in [-0.39, 0.29) is 0 Å². The van der Waals surface area contributed by atoms with Crippen LogP contribution in [-0.4, -0.2) is 18.1 Å². The van der Waals surface area contributed by atoms with E-state index in [2.05, 4.69) is 28.5 Å². The summed E-state index contributed by atoms with van der Waals surface area (Å²) < 4.78 is 0. The van der Waals surface area contributed by atoms with Crippen LogP contribution in [0.5, 0.6) is 0 Å².